The number of alkyl halides is 3. The van der Waals surface area contributed by atoms with Gasteiger partial charge in [-0.3, -0.25) is 0 Å². The van der Waals surface area contributed by atoms with Gasteiger partial charge in [0.1, 0.15) is 5.75 Å². The van der Waals surface area contributed by atoms with Crippen molar-refractivity contribution in [3.05, 3.63) is 24.3 Å². The minimum Gasteiger partial charge on any atom is -0.407 e. The Morgan fingerprint density at radius 3 is 2.12 bits per heavy atom. The number of ether oxygens (including phenoxy) is 1. The second kappa shape index (κ2) is 10.8. The van der Waals surface area contributed by atoms with Gasteiger partial charge in [-0.2, -0.15) is 0 Å². The summed E-state index contributed by atoms with van der Waals surface area (Å²) in [6.07, 6.45) is 5.42. The number of halogens is 3. The summed E-state index contributed by atoms with van der Waals surface area (Å²) in [6.45, 7) is 3.48. The lowest BCUT2D eigenvalue weighted by atomic mass is 9.77. The van der Waals surface area contributed by atoms with Gasteiger partial charge >= 0.3 is 13.5 Å². The van der Waals surface area contributed by atoms with E-state index in [0.29, 0.717) is 24.6 Å². The maximum absolute atomic E-state index is 12.2. The minimum atomic E-state index is -4.68. The Hall–Kier alpha value is -1.21. The molecule has 7 heteroatoms. The van der Waals surface area contributed by atoms with Gasteiger partial charge in [0.25, 0.3) is 0 Å². The number of hydrogen-bond donors (Lipinski definition) is 0. The molecule has 1 saturated heterocycles. The van der Waals surface area contributed by atoms with E-state index in [-0.39, 0.29) is 5.75 Å². The molecular weight excluding hydrogens is 344 g/mol. The lowest BCUT2D eigenvalue weighted by molar-refractivity contribution is -0.274. The molecule has 26 heavy (non-hydrogen) atoms. The lowest BCUT2D eigenvalue weighted by Gasteiger charge is -2.27. The lowest BCUT2D eigenvalue weighted by Crippen LogP contribution is -2.44. The van der Waals surface area contributed by atoms with Gasteiger partial charge in [-0.25, -0.2) is 0 Å². The Labute approximate surface area is 154 Å². The standard InChI is InChI=1S/C19H28BF3O3/c1-2-3-4-5-6-7-8-9-16-14-24-20(25-15-16)17-10-12-18(13-11-17)26-19(21,22)23/h10-13,16H,2-9,14-15H2,1H3. The van der Waals surface area contributed by atoms with E-state index < -0.39 is 13.5 Å². The molecule has 0 spiro atoms. The third-order valence-electron chi connectivity index (χ3n) is 4.57. The fourth-order valence-corrected chi connectivity index (χ4v) is 3.12. The van der Waals surface area contributed by atoms with E-state index in [2.05, 4.69) is 11.7 Å². The van der Waals surface area contributed by atoms with E-state index in [1.54, 1.807) is 12.1 Å². The maximum Gasteiger partial charge on any atom is 0.573 e. The van der Waals surface area contributed by atoms with E-state index >= 15 is 0 Å². The normalized spacial score (nSPS) is 16.1. The molecule has 0 amide bonds. The number of unbranched alkanes of at least 4 members (excludes halogenated alkanes) is 6. The Morgan fingerprint density at radius 1 is 0.962 bits per heavy atom. The Bertz CT molecular complexity index is 500. The molecule has 1 fully saturated rings. The van der Waals surface area contributed by atoms with Gasteiger partial charge in [-0.15, -0.1) is 13.2 Å². The van der Waals surface area contributed by atoms with Gasteiger partial charge in [0.15, 0.2) is 0 Å². The highest BCUT2D eigenvalue weighted by molar-refractivity contribution is 6.61. The van der Waals surface area contributed by atoms with Gasteiger partial charge in [-0.05, 0) is 24.0 Å². The molecule has 1 aromatic carbocycles. The van der Waals surface area contributed by atoms with E-state index in [1.165, 1.54) is 57.1 Å². The van der Waals surface area contributed by atoms with Gasteiger partial charge in [-0.1, -0.05) is 64.0 Å². The Kier molecular flexibility index (Phi) is 8.79. The molecule has 0 unspecified atom stereocenters. The van der Waals surface area contributed by atoms with E-state index in [4.69, 9.17) is 9.31 Å². The first-order valence-electron chi connectivity index (χ1n) is 9.57. The number of benzene rings is 1. The largest absolute Gasteiger partial charge is 0.573 e. The average molecular weight is 372 g/mol. The molecule has 1 aliphatic heterocycles. The van der Waals surface area contributed by atoms with Crippen LogP contribution < -0.4 is 10.2 Å². The van der Waals surface area contributed by atoms with Gasteiger partial charge in [0.05, 0.1) is 0 Å². The molecule has 0 atom stereocenters. The van der Waals surface area contributed by atoms with Crippen LogP contribution in [-0.4, -0.2) is 26.7 Å². The molecule has 0 N–H and O–H groups in total. The molecule has 3 nitrogen and oxygen atoms in total. The van der Waals surface area contributed by atoms with Crippen molar-refractivity contribution in [1.29, 1.82) is 0 Å². The van der Waals surface area contributed by atoms with Crippen LogP contribution in [0.4, 0.5) is 13.2 Å². The Morgan fingerprint density at radius 2 is 1.54 bits per heavy atom. The van der Waals surface area contributed by atoms with E-state index in [9.17, 15) is 13.2 Å². The SMILES string of the molecule is CCCCCCCCCC1COB(c2ccc(OC(F)(F)F)cc2)OC1. The highest BCUT2D eigenvalue weighted by atomic mass is 19.4. The second-order valence-corrected chi connectivity index (χ2v) is 6.89. The first kappa shape index (κ1) is 21.1. The summed E-state index contributed by atoms with van der Waals surface area (Å²) in [5, 5.41) is 0. The van der Waals surface area contributed by atoms with Crippen LogP contribution in [0, 0.1) is 5.92 Å². The maximum atomic E-state index is 12.2. The zero-order valence-electron chi connectivity index (χ0n) is 15.4. The average Bonchev–Trinajstić information content (AvgIpc) is 2.61. The summed E-state index contributed by atoms with van der Waals surface area (Å²) in [6, 6.07) is 5.64. The predicted molar refractivity (Wildman–Crippen MR) is 96.5 cm³/mol. The molecular formula is C19H28BF3O3. The van der Waals surface area contributed by atoms with Crippen molar-refractivity contribution in [1.82, 2.24) is 0 Å². The van der Waals surface area contributed by atoms with Crippen molar-refractivity contribution in [3.63, 3.8) is 0 Å². The highest BCUT2D eigenvalue weighted by Gasteiger charge is 2.32. The zero-order chi connectivity index (χ0) is 18.8. The summed E-state index contributed by atoms with van der Waals surface area (Å²) in [4.78, 5) is 0. The second-order valence-electron chi connectivity index (χ2n) is 6.89. The van der Waals surface area contributed by atoms with Crippen LogP contribution in [0.2, 0.25) is 0 Å². The molecule has 1 heterocycles. The Balaban J connectivity index is 1.63. The summed E-state index contributed by atoms with van der Waals surface area (Å²) in [5.41, 5.74) is 0.703. The molecule has 0 aromatic heterocycles. The monoisotopic (exact) mass is 372 g/mol. The summed E-state index contributed by atoms with van der Waals surface area (Å²) in [5.74, 6) is 0.156. The van der Waals surface area contributed by atoms with E-state index in [0.717, 1.165) is 6.42 Å². The van der Waals surface area contributed by atoms with Crippen molar-refractivity contribution in [2.75, 3.05) is 13.2 Å². The van der Waals surface area contributed by atoms with Gasteiger partial charge < -0.3 is 14.0 Å². The van der Waals surface area contributed by atoms with E-state index in [1.807, 2.05) is 0 Å². The first-order chi connectivity index (χ1) is 12.5. The molecule has 146 valence electrons. The quantitative estimate of drug-likeness (QED) is 0.423. The number of rotatable bonds is 10. The third kappa shape index (κ3) is 8.00. The zero-order valence-corrected chi connectivity index (χ0v) is 15.4. The topological polar surface area (TPSA) is 27.7 Å². The summed E-state index contributed by atoms with van der Waals surface area (Å²) >= 11 is 0. The fraction of sp³-hybridized carbons (Fsp3) is 0.684. The number of hydrogen-bond acceptors (Lipinski definition) is 3. The molecule has 0 bridgehead atoms. The van der Waals surface area contributed by atoms with Crippen molar-refractivity contribution in [2.24, 2.45) is 5.92 Å². The van der Waals surface area contributed by atoms with Crippen LogP contribution in [0.1, 0.15) is 58.3 Å². The van der Waals surface area contributed by atoms with Crippen LogP contribution in [0.15, 0.2) is 24.3 Å². The molecule has 0 aliphatic carbocycles. The molecule has 1 aromatic rings. The van der Waals surface area contributed by atoms with Crippen LogP contribution in [0.3, 0.4) is 0 Å². The summed E-state index contributed by atoms with van der Waals surface area (Å²) < 4.78 is 51.9. The molecule has 0 saturated carbocycles. The molecule has 1 aliphatic rings. The van der Waals surface area contributed by atoms with Gasteiger partial charge in [0.2, 0.25) is 0 Å². The van der Waals surface area contributed by atoms with Crippen molar-refractivity contribution in [3.8, 4) is 5.75 Å². The van der Waals surface area contributed by atoms with Crippen LogP contribution >= 0.6 is 0 Å². The first-order valence-corrected chi connectivity index (χ1v) is 9.57. The van der Waals surface area contributed by atoms with Crippen LogP contribution in [0.5, 0.6) is 5.75 Å². The highest BCUT2D eigenvalue weighted by Crippen LogP contribution is 2.22. The summed E-state index contributed by atoms with van der Waals surface area (Å²) in [7, 11) is -0.514. The van der Waals surface area contributed by atoms with Crippen LogP contribution in [0.25, 0.3) is 0 Å². The molecule has 0 radical (unpaired) electrons. The smallest absolute Gasteiger partial charge is 0.407 e. The third-order valence-corrected chi connectivity index (χ3v) is 4.57. The predicted octanol–water partition coefficient (Wildman–Crippen LogP) is 5.08. The minimum absolute atomic E-state index is 0.242. The molecule has 2 rings (SSSR count). The fourth-order valence-electron chi connectivity index (χ4n) is 3.12. The van der Waals surface area contributed by atoms with Crippen molar-refractivity contribution < 1.29 is 27.2 Å². The van der Waals surface area contributed by atoms with Crippen molar-refractivity contribution in [2.45, 2.75) is 64.7 Å². The van der Waals surface area contributed by atoms with Crippen molar-refractivity contribution >= 4 is 12.6 Å². The van der Waals surface area contributed by atoms with Gasteiger partial charge in [0, 0.05) is 19.1 Å². The van der Waals surface area contributed by atoms with Crippen LogP contribution in [-0.2, 0) is 9.31 Å².